The SMILES string of the molecule is c1csc(-c2nc(CC3CCNC3)cs2)c1. The fourth-order valence-corrected chi connectivity index (χ4v) is 3.75. The van der Waals surface area contributed by atoms with Crippen LogP contribution in [0.5, 0.6) is 0 Å². The van der Waals surface area contributed by atoms with E-state index in [1.807, 2.05) is 0 Å². The summed E-state index contributed by atoms with van der Waals surface area (Å²) >= 11 is 3.54. The molecule has 84 valence electrons. The first-order chi connectivity index (χ1) is 7.92. The molecular weight excluding hydrogens is 236 g/mol. The molecule has 1 atom stereocenters. The Bertz CT molecular complexity index is 441. The number of aromatic nitrogens is 1. The molecule has 3 rings (SSSR count). The average Bonchev–Trinajstić information content (AvgIpc) is 2.99. The zero-order valence-electron chi connectivity index (χ0n) is 8.98. The molecule has 0 bridgehead atoms. The Labute approximate surface area is 103 Å². The van der Waals surface area contributed by atoms with Crippen LogP contribution in [0.4, 0.5) is 0 Å². The lowest BCUT2D eigenvalue weighted by Crippen LogP contribution is -2.10. The molecule has 0 spiro atoms. The highest BCUT2D eigenvalue weighted by Crippen LogP contribution is 2.28. The van der Waals surface area contributed by atoms with E-state index in [1.54, 1.807) is 22.7 Å². The molecule has 1 fully saturated rings. The zero-order valence-corrected chi connectivity index (χ0v) is 10.6. The number of hydrogen-bond acceptors (Lipinski definition) is 4. The highest BCUT2D eigenvalue weighted by Gasteiger charge is 2.16. The maximum Gasteiger partial charge on any atom is 0.133 e. The van der Waals surface area contributed by atoms with Crippen molar-refractivity contribution in [2.24, 2.45) is 5.92 Å². The number of nitrogens with one attached hydrogen (secondary N) is 1. The Balaban J connectivity index is 1.72. The van der Waals surface area contributed by atoms with Gasteiger partial charge in [0.05, 0.1) is 10.6 Å². The monoisotopic (exact) mass is 250 g/mol. The first kappa shape index (κ1) is 10.4. The second kappa shape index (κ2) is 4.65. The van der Waals surface area contributed by atoms with Crippen LogP contribution in [0.15, 0.2) is 22.9 Å². The summed E-state index contributed by atoms with van der Waals surface area (Å²) in [6.45, 7) is 2.33. The molecule has 1 saturated heterocycles. The largest absolute Gasteiger partial charge is 0.316 e. The van der Waals surface area contributed by atoms with Crippen LogP contribution in [-0.2, 0) is 6.42 Å². The molecular formula is C12H14N2S2. The highest BCUT2D eigenvalue weighted by atomic mass is 32.1. The van der Waals surface area contributed by atoms with Crippen molar-refractivity contribution in [1.29, 1.82) is 0 Å². The van der Waals surface area contributed by atoms with Crippen molar-refractivity contribution in [3.05, 3.63) is 28.6 Å². The molecule has 3 heterocycles. The third-order valence-corrected chi connectivity index (χ3v) is 4.87. The van der Waals surface area contributed by atoms with E-state index in [4.69, 9.17) is 4.98 Å². The van der Waals surface area contributed by atoms with Gasteiger partial charge in [0, 0.05) is 5.38 Å². The van der Waals surface area contributed by atoms with Gasteiger partial charge in [-0.3, -0.25) is 0 Å². The lowest BCUT2D eigenvalue weighted by atomic mass is 10.0. The summed E-state index contributed by atoms with van der Waals surface area (Å²) in [5.41, 5.74) is 1.27. The minimum absolute atomic E-state index is 0.790. The molecule has 0 aromatic carbocycles. The standard InChI is InChI=1S/C12H14N2S2/c1-2-11(15-5-1)12-14-10(8-16-12)6-9-3-4-13-7-9/h1-2,5,8-9,13H,3-4,6-7H2. The van der Waals surface area contributed by atoms with E-state index in [9.17, 15) is 0 Å². The van der Waals surface area contributed by atoms with Gasteiger partial charge in [-0.15, -0.1) is 22.7 Å². The van der Waals surface area contributed by atoms with Gasteiger partial charge in [0.2, 0.25) is 0 Å². The van der Waals surface area contributed by atoms with E-state index in [0.717, 1.165) is 18.9 Å². The van der Waals surface area contributed by atoms with Crippen molar-refractivity contribution >= 4 is 22.7 Å². The summed E-state index contributed by atoms with van der Waals surface area (Å²) in [6.07, 6.45) is 2.43. The van der Waals surface area contributed by atoms with Crippen LogP contribution in [0.2, 0.25) is 0 Å². The van der Waals surface area contributed by atoms with Gasteiger partial charge in [-0.2, -0.15) is 0 Å². The maximum absolute atomic E-state index is 4.72. The lowest BCUT2D eigenvalue weighted by molar-refractivity contribution is 0.574. The summed E-state index contributed by atoms with van der Waals surface area (Å²) in [7, 11) is 0. The molecule has 0 amide bonds. The molecule has 1 N–H and O–H groups in total. The number of thiophene rings is 1. The molecule has 4 heteroatoms. The second-order valence-electron chi connectivity index (χ2n) is 4.18. The van der Waals surface area contributed by atoms with Gasteiger partial charge < -0.3 is 5.32 Å². The van der Waals surface area contributed by atoms with Crippen molar-refractivity contribution in [3.8, 4) is 9.88 Å². The molecule has 1 unspecified atom stereocenters. The molecule has 0 radical (unpaired) electrons. The van der Waals surface area contributed by atoms with Crippen LogP contribution in [0.1, 0.15) is 12.1 Å². The fourth-order valence-electron chi connectivity index (χ4n) is 2.10. The highest BCUT2D eigenvalue weighted by molar-refractivity contribution is 7.20. The number of nitrogens with zero attached hydrogens (tertiary/aromatic N) is 1. The smallest absolute Gasteiger partial charge is 0.133 e. The van der Waals surface area contributed by atoms with Crippen LogP contribution in [0, 0.1) is 5.92 Å². The zero-order chi connectivity index (χ0) is 10.8. The van der Waals surface area contributed by atoms with Gasteiger partial charge in [0.1, 0.15) is 5.01 Å². The van der Waals surface area contributed by atoms with E-state index < -0.39 is 0 Å². The Hall–Kier alpha value is -0.710. The topological polar surface area (TPSA) is 24.9 Å². The summed E-state index contributed by atoms with van der Waals surface area (Å²) in [5, 5.41) is 8.91. The van der Waals surface area contributed by atoms with Gasteiger partial charge in [0.15, 0.2) is 0 Å². The third kappa shape index (κ3) is 2.19. The summed E-state index contributed by atoms with van der Waals surface area (Å²) < 4.78 is 0. The Morgan fingerprint density at radius 2 is 2.44 bits per heavy atom. The normalized spacial score (nSPS) is 20.4. The Morgan fingerprint density at radius 3 is 3.19 bits per heavy atom. The minimum Gasteiger partial charge on any atom is -0.316 e. The van der Waals surface area contributed by atoms with E-state index in [0.29, 0.717) is 0 Å². The maximum atomic E-state index is 4.72. The van der Waals surface area contributed by atoms with Gasteiger partial charge in [-0.1, -0.05) is 6.07 Å². The Kier molecular flexibility index (Phi) is 3.04. The lowest BCUT2D eigenvalue weighted by Gasteiger charge is -2.03. The van der Waals surface area contributed by atoms with Gasteiger partial charge >= 0.3 is 0 Å². The number of hydrogen-bond donors (Lipinski definition) is 1. The first-order valence-corrected chi connectivity index (χ1v) is 7.37. The second-order valence-corrected chi connectivity index (χ2v) is 5.99. The molecule has 2 aromatic heterocycles. The molecule has 2 nitrogen and oxygen atoms in total. The van der Waals surface area contributed by atoms with Crippen molar-refractivity contribution in [3.63, 3.8) is 0 Å². The van der Waals surface area contributed by atoms with Crippen molar-refractivity contribution < 1.29 is 0 Å². The summed E-state index contributed by atoms with van der Waals surface area (Å²) in [4.78, 5) is 6.01. The van der Waals surface area contributed by atoms with Gasteiger partial charge in [-0.25, -0.2) is 4.98 Å². The fraction of sp³-hybridized carbons (Fsp3) is 0.417. The van der Waals surface area contributed by atoms with Crippen molar-refractivity contribution in [1.82, 2.24) is 10.3 Å². The van der Waals surface area contributed by atoms with E-state index in [-0.39, 0.29) is 0 Å². The van der Waals surface area contributed by atoms with E-state index in [1.165, 1.54) is 28.5 Å². The van der Waals surface area contributed by atoms with E-state index in [2.05, 4.69) is 28.2 Å². The number of thiazole rings is 1. The van der Waals surface area contributed by atoms with Gasteiger partial charge in [-0.05, 0) is 43.3 Å². The molecule has 1 aliphatic heterocycles. The molecule has 0 saturated carbocycles. The van der Waals surface area contributed by atoms with Crippen molar-refractivity contribution in [2.45, 2.75) is 12.8 Å². The molecule has 16 heavy (non-hydrogen) atoms. The predicted molar refractivity (Wildman–Crippen MR) is 70.1 cm³/mol. The van der Waals surface area contributed by atoms with Gasteiger partial charge in [0.25, 0.3) is 0 Å². The predicted octanol–water partition coefficient (Wildman–Crippen LogP) is 3.02. The molecule has 2 aromatic rings. The van der Waals surface area contributed by atoms with E-state index >= 15 is 0 Å². The van der Waals surface area contributed by atoms with Crippen LogP contribution in [-0.4, -0.2) is 18.1 Å². The summed E-state index contributed by atoms with van der Waals surface area (Å²) in [6, 6.07) is 4.23. The van der Waals surface area contributed by atoms with Crippen LogP contribution < -0.4 is 5.32 Å². The first-order valence-electron chi connectivity index (χ1n) is 5.61. The van der Waals surface area contributed by atoms with Crippen molar-refractivity contribution in [2.75, 3.05) is 13.1 Å². The van der Waals surface area contributed by atoms with Crippen LogP contribution >= 0.6 is 22.7 Å². The minimum atomic E-state index is 0.790. The van der Waals surface area contributed by atoms with Crippen LogP contribution in [0.25, 0.3) is 9.88 Å². The summed E-state index contributed by atoms with van der Waals surface area (Å²) in [5.74, 6) is 0.790. The molecule has 0 aliphatic carbocycles. The average molecular weight is 250 g/mol. The molecule has 1 aliphatic rings. The quantitative estimate of drug-likeness (QED) is 0.905. The number of rotatable bonds is 3. The third-order valence-electron chi connectivity index (χ3n) is 2.94. The Morgan fingerprint density at radius 1 is 1.44 bits per heavy atom. The van der Waals surface area contributed by atoms with Crippen LogP contribution in [0.3, 0.4) is 0 Å².